The number of anilines is 5. The second-order valence-corrected chi connectivity index (χ2v) is 7.91. The predicted molar refractivity (Wildman–Crippen MR) is 130 cm³/mol. The van der Waals surface area contributed by atoms with E-state index in [1.807, 2.05) is 60.5 Å². The Morgan fingerprint density at radius 1 is 0.941 bits per heavy atom. The first-order valence-electron chi connectivity index (χ1n) is 10.7. The minimum absolute atomic E-state index is 0.112. The zero-order chi connectivity index (χ0) is 23.7. The Kier molecular flexibility index (Phi) is 5.55. The first-order chi connectivity index (χ1) is 16.5. The molecule has 0 unspecified atom stereocenters. The number of hydrogen-bond donors (Lipinski definition) is 1. The van der Waals surface area contributed by atoms with Gasteiger partial charge in [0.05, 0.1) is 17.4 Å². The first-order valence-corrected chi connectivity index (χ1v) is 10.7. The second kappa shape index (κ2) is 8.82. The van der Waals surface area contributed by atoms with Crippen molar-refractivity contribution in [2.75, 3.05) is 29.2 Å². The van der Waals surface area contributed by atoms with E-state index in [-0.39, 0.29) is 18.3 Å². The van der Waals surface area contributed by atoms with Crippen LogP contribution in [0.25, 0.3) is 0 Å². The molecule has 3 aromatic carbocycles. The summed E-state index contributed by atoms with van der Waals surface area (Å²) >= 11 is 0. The van der Waals surface area contributed by atoms with Crippen LogP contribution in [0.1, 0.15) is 15.9 Å². The fourth-order valence-corrected chi connectivity index (χ4v) is 3.82. The number of amides is 1. The maximum Gasteiger partial charge on any atom is 0.260 e. The Hall–Kier alpha value is -4.46. The quantitative estimate of drug-likeness (QED) is 0.441. The molecule has 2 heterocycles. The topological polar surface area (TPSA) is 70.6 Å². The lowest BCUT2D eigenvalue weighted by molar-refractivity contribution is 0.0994. The molecule has 4 aromatic rings. The first kappa shape index (κ1) is 21.4. The third kappa shape index (κ3) is 4.13. The summed E-state index contributed by atoms with van der Waals surface area (Å²) in [6.45, 7) is 0.276. The molecule has 5 rings (SSSR count). The van der Waals surface area contributed by atoms with Crippen molar-refractivity contribution in [3.8, 4) is 5.75 Å². The number of hydrogen-bond acceptors (Lipinski definition) is 6. The Morgan fingerprint density at radius 3 is 2.53 bits per heavy atom. The van der Waals surface area contributed by atoms with Crippen LogP contribution in [0.4, 0.5) is 33.2 Å². The molecule has 34 heavy (non-hydrogen) atoms. The van der Waals surface area contributed by atoms with Crippen molar-refractivity contribution in [2.45, 2.75) is 6.61 Å². The number of carbonyl (C=O) groups is 1. The minimum Gasteiger partial charge on any atom is -0.489 e. The van der Waals surface area contributed by atoms with E-state index in [1.54, 1.807) is 30.3 Å². The van der Waals surface area contributed by atoms with Gasteiger partial charge in [-0.05, 0) is 54.1 Å². The highest BCUT2D eigenvalue weighted by atomic mass is 19.1. The van der Waals surface area contributed by atoms with Crippen LogP contribution in [0, 0.1) is 5.82 Å². The fraction of sp³-hybridized carbons (Fsp3) is 0.115. The van der Waals surface area contributed by atoms with Crippen LogP contribution in [-0.2, 0) is 6.61 Å². The Balaban J connectivity index is 1.34. The fourth-order valence-electron chi connectivity index (χ4n) is 3.82. The molecule has 0 radical (unpaired) electrons. The normalized spacial score (nSPS) is 12.6. The van der Waals surface area contributed by atoms with E-state index in [1.165, 1.54) is 12.1 Å². The van der Waals surface area contributed by atoms with Gasteiger partial charge in [-0.1, -0.05) is 24.3 Å². The van der Waals surface area contributed by atoms with Gasteiger partial charge in [0, 0.05) is 19.8 Å². The lowest BCUT2D eigenvalue weighted by Crippen LogP contribution is -2.25. The second-order valence-electron chi connectivity index (χ2n) is 7.91. The van der Waals surface area contributed by atoms with Crippen LogP contribution in [0.2, 0.25) is 0 Å². The lowest BCUT2D eigenvalue weighted by atomic mass is 10.1. The molecule has 0 atom stereocenters. The average molecular weight is 455 g/mol. The molecule has 1 amide bonds. The van der Waals surface area contributed by atoms with Gasteiger partial charge >= 0.3 is 0 Å². The van der Waals surface area contributed by atoms with Gasteiger partial charge < -0.3 is 19.9 Å². The molecule has 0 bridgehead atoms. The summed E-state index contributed by atoms with van der Waals surface area (Å²) in [5.74, 6) is 1.28. The van der Waals surface area contributed by atoms with Gasteiger partial charge in [-0.3, -0.25) is 4.79 Å². The monoisotopic (exact) mass is 455 g/mol. The summed E-state index contributed by atoms with van der Waals surface area (Å²) in [5, 5.41) is 3.20. The summed E-state index contributed by atoms with van der Waals surface area (Å²) in [5.41, 5.74) is 3.54. The van der Waals surface area contributed by atoms with Gasteiger partial charge in [0.25, 0.3) is 5.91 Å². The summed E-state index contributed by atoms with van der Waals surface area (Å²) < 4.78 is 19.1. The van der Waals surface area contributed by atoms with Gasteiger partial charge in [0.1, 0.15) is 23.9 Å². The standard InChI is InChI=1S/C26H22FN5O2/c1-31-22-9-4-3-8-21(22)25(33)32(2)23-15-28-26(30-24(23)31)29-19-10-12-20(13-11-19)34-16-17-6-5-7-18(27)14-17/h3-15H,16H2,1-2H3,(H,28,29,30). The van der Waals surface area contributed by atoms with E-state index in [0.717, 1.165) is 16.9 Å². The highest BCUT2D eigenvalue weighted by Gasteiger charge is 2.28. The Labute approximate surface area is 196 Å². The van der Waals surface area contributed by atoms with Crippen molar-refractivity contribution >= 4 is 34.7 Å². The van der Waals surface area contributed by atoms with Crippen LogP contribution >= 0.6 is 0 Å². The molecule has 1 N–H and O–H groups in total. The molecule has 0 saturated heterocycles. The van der Waals surface area contributed by atoms with E-state index in [4.69, 9.17) is 4.74 Å². The lowest BCUT2D eigenvalue weighted by Gasteiger charge is -2.21. The van der Waals surface area contributed by atoms with Crippen molar-refractivity contribution in [1.29, 1.82) is 0 Å². The van der Waals surface area contributed by atoms with Gasteiger partial charge in [-0.2, -0.15) is 4.98 Å². The Morgan fingerprint density at radius 2 is 1.74 bits per heavy atom. The van der Waals surface area contributed by atoms with Gasteiger partial charge in [0.15, 0.2) is 5.82 Å². The number of nitrogens with zero attached hydrogens (tertiary/aromatic N) is 4. The molecule has 0 spiro atoms. The number of benzene rings is 3. The molecule has 8 heteroatoms. The molecule has 7 nitrogen and oxygen atoms in total. The number of ether oxygens (including phenoxy) is 1. The van der Waals surface area contributed by atoms with E-state index in [0.29, 0.717) is 28.8 Å². The predicted octanol–water partition coefficient (Wildman–Crippen LogP) is 5.30. The summed E-state index contributed by atoms with van der Waals surface area (Å²) in [6, 6.07) is 21.1. The maximum atomic E-state index is 13.3. The van der Waals surface area contributed by atoms with Gasteiger partial charge in [-0.25, -0.2) is 9.37 Å². The molecule has 0 aliphatic carbocycles. The van der Waals surface area contributed by atoms with Crippen LogP contribution in [-0.4, -0.2) is 30.0 Å². The number of rotatable bonds is 5. The highest BCUT2D eigenvalue weighted by molar-refractivity contribution is 6.13. The number of fused-ring (bicyclic) bond motifs is 2. The molecule has 1 aliphatic heterocycles. The van der Waals surface area contributed by atoms with Crippen molar-refractivity contribution in [3.63, 3.8) is 0 Å². The number of halogens is 1. The van der Waals surface area contributed by atoms with Crippen LogP contribution < -0.4 is 19.9 Å². The van der Waals surface area contributed by atoms with Crippen molar-refractivity contribution in [2.24, 2.45) is 0 Å². The average Bonchev–Trinajstić information content (AvgIpc) is 2.94. The zero-order valence-corrected chi connectivity index (χ0v) is 18.7. The van der Waals surface area contributed by atoms with E-state index >= 15 is 0 Å². The summed E-state index contributed by atoms with van der Waals surface area (Å²) in [6.07, 6.45) is 1.64. The van der Waals surface area contributed by atoms with Crippen molar-refractivity contribution < 1.29 is 13.9 Å². The number of nitrogens with one attached hydrogen (secondary N) is 1. The van der Waals surface area contributed by atoms with Crippen LogP contribution in [0.15, 0.2) is 79.0 Å². The van der Waals surface area contributed by atoms with E-state index in [9.17, 15) is 9.18 Å². The van der Waals surface area contributed by atoms with Crippen LogP contribution in [0.5, 0.6) is 5.75 Å². The number of para-hydroxylation sites is 1. The molecular weight excluding hydrogens is 433 g/mol. The third-order valence-corrected chi connectivity index (χ3v) is 5.63. The van der Waals surface area contributed by atoms with Gasteiger partial charge in [0.2, 0.25) is 5.95 Å². The van der Waals surface area contributed by atoms with Gasteiger partial charge in [-0.15, -0.1) is 0 Å². The summed E-state index contributed by atoms with van der Waals surface area (Å²) in [4.78, 5) is 25.5. The molecule has 1 aliphatic rings. The van der Waals surface area contributed by atoms with Crippen molar-refractivity contribution in [3.05, 3.63) is 95.9 Å². The smallest absolute Gasteiger partial charge is 0.260 e. The van der Waals surface area contributed by atoms with Crippen molar-refractivity contribution in [1.82, 2.24) is 9.97 Å². The number of carbonyl (C=O) groups excluding carboxylic acids is 1. The minimum atomic E-state index is -0.286. The maximum absolute atomic E-state index is 13.3. The molecular formula is C26H22FN5O2. The Bertz CT molecular complexity index is 1360. The van der Waals surface area contributed by atoms with E-state index in [2.05, 4.69) is 15.3 Å². The molecule has 0 saturated carbocycles. The third-order valence-electron chi connectivity index (χ3n) is 5.63. The molecule has 1 aromatic heterocycles. The highest BCUT2D eigenvalue weighted by Crippen LogP contribution is 2.38. The van der Waals surface area contributed by atoms with E-state index < -0.39 is 0 Å². The summed E-state index contributed by atoms with van der Waals surface area (Å²) in [7, 11) is 3.60. The molecule has 170 valence electrons. The number of aromatic nitrogens is 2. The SMILES string of the molecule is CN1C(=O)c2ccccc2N(C)c2nc(Nc3ccc(OCc4cccc(F)c4)cc3)ncc21. The molecule has 0 fully saturated rings. The zero-order valence-electron chi connectivity index (χ0n) is 18.7. The largest absolute Gasteiger partial charge is 0.489 e. The van der Waals surface area contributed by atoms with Crippen LogP contribution in [0.3, 0.4) is 0 Å².